The molecule has 0 aliphatic rings. The summed E-state index contributed by atoms with van der Waals surface area (Å²) < 4.78 is 4.53. The van der Waals surface area contributed by atoms with Gasteiger partial charge in [0, 0.05) is 13.2 Å². The highest BCUT2D eigenvalue weighted by Gasteiger charge is 2.31. The van der Waals surface area contributed by atoms with Crippen LogP contribution in [0.4, 0.5) is 0 Å². The van der Waals surface area contributed by atoms with Crippen molar-refractivity contribution < 1.29 is 14.6 Å². The number of esters is 1. The molecular formula is C7H15NO3. The largest absolute Gasteiger partial charge is 0.469 e. The monoisotopic (exact) mass is 161 g/mol. The minimum Gasteiger partial charge on any atom is -0.469 e. The lowest BCUT2D eigenvalue weighted by molar-refractivity contribution is -0.152. The Morgan fingerprint density at radius 2 is 2.27 bits per heavy atom. The van der Waals surface area contributed by atoms with Crippen LogP contribution in [0.2, 0.25) is 0 Å². The van der Waals surface area contributed by atoms with Crippen molar-refractivity contribution in [2.24, 2.45) is 11.1 Å². The lowest BCUT2D eigenvalue weighted by Gasteiger charge is -2.23. The van der Waals surface area contributed by atoms with E-state index in [9.17, 15) is 4.79 Å². The van der Waals surface area contributed by atoms with Crippen molar-refractivity contribution in [3.05, 3.63) is 0 Å². The van der Waals surface area contributed by atoms with Crippen molar-refractivity contribution in [1.82, 2.24) is 0 Å². The van der Waals surface area contributed by atoms with Crippen LogP contribution in [0.15, 0.2) is 0 Å². The number of carbonyl (C=O) groups excluding carboxylic acids is 1. The molecule has 0 heterocycles. The summed E-state index contributed by atoms with van der Waals surface area (Å²) >= 11 is 0. The zero-order valence-electron chi connectivity index (χ0n) is 6.96. The van der Waals surface area contributed by atoms with Crippen LogP contribution in [0.5, 0.6) is 0 Å². The average Bonchev–Trinajstić information content (AvgIpc) is 2.03. The number of aliphatic hydroxyl groups excluding tert-OH is 1. The molecule has 66 valence electrons. The molecule has 4 heteroatoms. The van der Waals surface area contributed by atoms with Crippen molar-refractivity contribution in [1.29, 1.82) is 0 Å². The van der Waals surface area contributed by atoms with E-state index in [1.54, 1.807) is 6.92 Å². The predicted octanol–water partition coefficient (Wildman–Crippen LogP) is -0.493. The number of rotatable bonds is 4. The maximum Gasteiger partial charge on any atom is 0.312 e. The Bertz CT molecular complexity index is 138. The molecular weight excluding hydrogens is 146 g/mol. The van der Waals surface area contributed by atoms with E-state index in [-0.39, 0.29) is 19.1 Å². The molecule has 0 saturated heterocycles. The van der Waals surface area contributed by atoms with Crippen LogP contribution < -0.4 is 5.73 Å². The summed E-state index contributed by atoms with van der Waals surface area (Å²) in [6, 6.07) is 0. The summed E-state index contributed by atoms with van der Waals surface area (Å²) in [7, 11) is 1.31. The van der Waals surface area contributed by atoms with Crippen LogP contribution in [0.1, 0.15) is 13.3 Å². The second kappa shape index (κ2) is 4.31. The Morgan fingerprint density at radius 1 is 1.73 bits per heavy atom. The Morgan fingerprint density at radius 3 is 2.55 bits per heavy atom. The molecule has 0 aliphatic heterocycles. The van der Waals surface area contributed by atoms with Gasteiger partial charge in [-0.2, -0.15) is 0 Å². The van der Waals surface area contributed by atoms with Gasteiger partial charge in [0.1, 0.15) is 0 Å². The third kappa shape index (κ3) is 2.48. The fraction of sp³-hybridized carbons (Fsp3) is 0.857. The molecule has 0 amide bonds. The fourth-order valence-electron chi connectivity index (χ4n) is 0.781. The number of nitrogens with two attached hydrogens (primary N) is 1. The number of methoxy groups -OCH3 is 1. The molecule has 0 saturated carbocycles. The van der Waals surface area contributed by atoms with Crippen molar-refractivity contribution in [2.75, 3.05) is 20.3 Å². The first kappa shape index (κ1) is 10.4. The van der Waals surface area contributed by atoms with Gasteiger partial charge in [-0.25, -0.2) is 0 Å². The number of hydrogen-bond donors (Lipinski definition) is 2. The number of ether oxygens (including phenoxy) is 1. The molecule has 11 heavy (non-hydrogen) atoms. The first-order valence-corrected chi connectivity index (χ1v) is 3.50. The maximum atomic E-state index is 11.0. The molecule has 4 nitrogen and oxygen atoms in total. The third-order valence-corrected chi connectivity index (χ3v) is 1.79. The lowest BCUT2D eigenvalue weighted by Crippen LogP contribution is -2.37. The standard InChI is InChI=1S/C7H15NO3/c1-7(5-8,3-4-9)6(10)11-2/h9H,3-5,8H2,1-2H3. The molecule has 0 radical (unpaired) electrons. The molecule has 0 rings (SSSR count). The summed E-state index contributed by atoms with van der Waals surface area (Å²) in [5, 5.41) is 8.61. The highest BCUT2D eigenvalue weighted by atomic mass is 16.5. The zero-order chi connectivity index (χ0) is 8.91. The molecule has 0 bridgehead atoms. The van der Waals surface area contributed by atoms with E-state index in [2.05, 4.69) is 4.74 Å². The molecule has 1 unspecified atom stereocenters. The molecule has 0 aromatic heterocycles. The SMILES string of the molecule is COC(=O)C(C)(CN)CCO. The molecule has 0 spiro atoms. The molecule has 3 N–H and O–H groups in total. The van der Waals surface area contributed by atoms with Crippen molar-refractivity contribution >= 4 is 5.97 Å². The summed E-state index contributed by atoms with van der Waals surface area (Å²) in [5.41, 5.74) is 4.62. The maximum absolute atomic E-state index is 11.0. The zero-order valence-corrected chi connectivity index (χ0v) is 6.96. The number of carbonyl (C=O) groups is 1. The summed E-state index contributed by atoms with van der Waals surface area (Å²) in [5.74, 6) is -0.367. The van der Waals surface area contributed by atoms with E-state index in [1.807, 2.05) is 0 Å². The van der Waals surface area contributed by atoms with Crippen molar-refractivity contribution in [2.45, 2.75) is 13.3 Å². The first-order chi connectivity index (χ1) is 5.10. The minimum absolute atomic E-state index is 0.0528. The van der Waals surface area contributed by atoms with Gasteiger partial charge < -0.3 is 15.6 Å². The van der Waals surface area contributed by atoms with Gasteiger partial charge in [0.2, 0.25) is 0 Å². The number of hydrogen-bond acceptors (Lipinski definition) is 4. The van der Waals surface area contributed by atoms with E-state index in [4.69, 9.17) is 10.8 Å². The Kier molecular flexibility index (Phi) is 4.07. The van der Waals surface area contributed by atoms with Gasteiger partial charge in [0.05, 0.1) is 12.5 Å². The second-order valence-corrected chi connectivity index (χ2v) is 2.73. The normalized spacial score (nSPS) is 15.6. The van der Waals surface area contributed by atoms with E-state index < -0.39 is 5.41 Å². The van der Waals surface area contributed by atoms with Crippen LogP contribution in [-0.2, 0) is 9.53 Å². The van der Waals surface area contributed by atoms with Crippen LogP contribution in [-0.4, -0.2) is 31.3 Å². The van der Waals surface area contributed by atoms with Gasteiger partial charge in [-0.05, 0) is 13.3 Å². The highest BCUT2D eigenvalue weighted by molar-refractivity contribution is 5.76. The molecule has 1 atom stereocenters. The van der Waals surface area contributed by atoms with Gasteiger partial charge in [0.25, 0.3) is 0 Å². The van der Waals surface area contributed by atoms with Crippen LogP contribution in [0.3, 0.4) is 0 Å². The lowest BCUT2D eigenvalue weighted by atomic mass is 9.87. The predicted molar refractivity (Wildman–Crippen MR) is 40.9 cm³/mol. The summed E-state index contributed by atoms with van der Waals surface area (Å²) in [6.45, 7) is 1.82. The van der Waals surface area contributed by atoms with Gasteiger partial charge in [-0.3, -0.25) is 4.79 Å². The fourth-order valence-corrected chi connectivity index (χ4v) is 0.781. The quantitative estimate of drug-likeness (QED) is 0.545. The van der Waals surface area contributed by atoms with Gasteiger partial charge in [0.15, 0.2) is 0 Å². The molecule has 0 aliphatic carbocycles. The van der Waals surface area contributed by atoms with Crippen molar-refractivity contribution in [3.8, 4) is 0 Å². The van der Waals surface area contributed by atoms with Crippen LogP contribution in [0, 0.1) is 5.41 Å². The summed E-state index contributed by atoms with van der Waals surface area (Å²) in [4.78, 5) is 11.0. The summed E-state index contributed by atoms with van der Waals surface area (Å²) in [6.07, 6.45) is 0.343. The highest BCUT2D eigenvalue weighted by Crippen LogP contribution is 2.20. The Hall–Kier alpha value is -0.610. The van der Waals surface area contributed by atoms with Gasteiger partial charge in [-0.1, -0.05) is 0 Å². The third-order valence-electron chi connectivity index (χ3n) is 1.79. The van der Waals surface area contributed by atoms with Gasteiger partial charge in [-0.15, -0.1) is 0 Å². The minimum atomic E-state index is -0.733. The van der Waals surface area contributed by atoms with Crippen molar-refractivity contribution in [3.63, 3.8) is 0 Å². The number of aliphatic hydroxyl groups is 1. The Labute approximate surface area is 66.3 Å². The second-order valence-electron chi connectivity index (χ2n) is 2.73. The van der Waals surface area contributed by atoms with Gasteiger partial charge >= 0.3 is 5.97 Å². The Balaban J connectivity index is 4.19. The molecule has 0 aromatic carbocycles. The van der Waals surface area contributed by atoms with E-state index in [0.717, 1.165) is 0 Å². The van der Waals surface area contributed by atoms with Crippen LogP contribution >= 0.6 is 0 Å². The average molecular weight is 161 g/mol. The van der Waals surface area contributed by atoms with Crippen LogP contribution in [0.25, 0.3) is 0 Å². The smallest absolute Gasteiger partial charge is 0.312 e. The topological polar surface area (TPSA) is 72.5 Å². The van der Waals surface area contributed by atoms with E-state index >= 15 is 0 Å². The molecule has 0 aromatic rings. The molecule has 0 fully saturated rings. The first-order valence-electron chi connectivity index (χ1n) is 3.50. The van der Waals surface area contributed by atoms with E-state index in [1.165, 1.54) is 7.11 Å². The van der Waals surface area contributed by atoms with E-state index in [0.29, 0.717) is 6.42 Å².